The molecule has 0 radical (unpaired) electrons. The van der Waals surface area contributed by atoms with E-state index in [2.05, 4.69) is 20.9 Å². The fourth-order valence-electron chi connectivity index (χ4n) is 3.71. The Morgan fingerprint density at radius 2 is 1.56 bits per heavy atom. The second-order valence-electron chi connectivity index (χ2n) is 9.03. The third kappa shape index (κ3) is 8.48. The molecule has 1 unspecified atom stereocenters. The van der Waals surface area contributed by atoms with Gasteiger partial charge in [0.1, 0.15) is 5.70 Å². The topological polar surface area (TPSA) is 117 Å². The van der Waals surface area contributed by atoms with Gasteiger partial charge in [0.2, 0.25) is 5.91 Å². The van der Waals surface area contributed by atoms with Crippen LogP contribution in [0.3, 0.4) is 0 Å². The molecule has 1 aromatic heterocycles. The Labute approximate surface area is 242 Å². The van der Waals surface area contributed by atoms with Gasteiger partial charge in [0, 0.05) is 39.8 Å². The van der Waals surface area contributed by atoms with Gasteiger partial charge in [-0.25, -0.2) is 0 Å². The number of thioether (sulfide) groups is 1. The Hall–Kier alpha value is -5.02. The number of amides is 3. The summed E-state index contributed by atoms with van der Waals surface area (Å²) in [6, 6.07) is 25.9. The molecule has 3 amide bonds. The number of nitrogens with zero attached hydrogens (tertiary/aromatic N) is 1. The van der Waals surface area contributed by atoms with Crippen LogP contribution in [-0.4, -0.2) is 33.7 Å². The molecule has 0 aliphatic carbocycles. The van der Waals surface area contributed by atoms with Gasteiger partial charge in [-0.15, -0.1) is 11.8 Å². The molecule has 0 saturated heterocycles. The van der Waals surface area contributed by atoms with Gasteiger partial charge < -0.3 is 16.0 Å². The Morgan fingerprint density at radius 3 is 2.24 bits per heavy atom. The molecule has 8 nitrogen and oxygen atoms in total. The standard InChI is InChI=1S/C32H28N4O4S/c1-21(37)24-13-15-26(16-14-24)34-30(38)22(2)41-28-12-6-11-27(19-28)35-32(40)29(18-23-8-7-17-33-20-23)36-31(39)25-9-4-3-5-10-25/h3-20,22H,1-2H3,(H,34,38)(H,35,40)(H,36,39)/b29-18-. The zero-order valence-corrected chi connectivity index (χ0v) is 23.3. The first-order chi connectivity index (χ1) is 19.8. The van der Waals surface area contributed by atoms with Crippen molar-refractivity contribution in [3.05, 3.63) is 126 Å². The van der Waals surface area contributed by atoms with Crippen LogP contribution in [0, 0.1) is 0 Å². The van der Waals surface area contributed by atoms with Crippen LogP contribution in [0.5, 0.6) is 0 Å². The van der Waals surface area contributed by atoms with E-state index in [9.17, 15) is 19.2 Å². The second-order valence-corrected chi connectivity index (χ2v) is 10.4. The average Bonchev–Trinajstić information content (AvgIpc) is 2.98. The van der Waals surface area contributed by atoms with Gasteiger partial charge in [0.25, 0.3) is 11.8 Å². The van der Waals surface area contributed by atoms with Crippen LogP contribution >= 0.6 is 11.8 Å². The molecule has 4 rings (SSSR count). The molecule has 0 aliphatic heterocycles. The lowest BCUT2D eigenvalue weighted by Crippen LogP contribution is -2.30. The maximum Gasteiger partial charge on any atom is 0.272 e. The van der Waals surface area contributed by atoms with Gasteiger partial charge in [0.15, 0.2) is 5.78 Å². The van der Waals surface area contributed by atoms with Gasteiger partial charge in [0.05, 0.1) is 5.25 Å². The third-order valence-corrected chi connectivity index (χ3v) is 6.95. The molecule has 41 heavy (non-hydrogen) atoms. The largest absolute Gasteiger partial charge is 0.325 e. The first kappa shape index (κ1) is 29.0. The molecule has 9 heteroatoms. The highest BCUT2D eigenvalue weighted by molar-refractivity contribution is 8.00. The molecule has 0 saturated carbocycles. The summed E-state index contributed by atoms with van der Waals surface area (Å²) in [6.07, 6.45) is 4.76. The Kier molecular flexibility index (Phi) is 9.80. The maximum absolute atomic E-state index is 13.3. The van der Waals surface area contributed by atoms with E-state index in [-0.39, 0.29) is 17.4 Å². The average molecular weight is 565 g/mol. The lowest BCUT2D eigenvalue weighted by Gasteiger charge is -2.14. The Morgan fingerprint density at radius 1 is 0.805 bits per heavy atom. The van der Waals surface area contributed by atoms with Crippen LogP contribution in [0.4, 0.5) is 11.4 Å². The van der Waals surface area contributed by atoms with Crippen LogP contribution in [0.15, 0.2) is 114 Å². The van der Waals surface area contributed by atoms with Crippen molar-refractivity contribution >= 4 is 52.7 Å². The van der Waals surface area contributed by atoms with Crippen LogP contribution in [-0.2, 0) is 9.59 Å². The van der Waals surface area contributed by atoms with Crippen molar-refractivity contribution in [2.24, 2.45) is 0 Å². The molecule has 1 heterocycles. The van der Waals surface area contributed by atoms with Gasteiger partial charge in [-0.1, -0.05) is 30.3 Å². The second kappa shape index (κ2) is 13.9. The van der Waals surface area contributed by atoms with Crippen LogP contribution < -0.4 is 16.0 Å². The molecule has 3 aromatic carbocycles. The molecule has 4 aromatic rings. The number of pyridine rings is 1. The number of rotatable bonds is 10. The monoisotopic (exact) mass is 564 g/mol. The Bertz CT molecular complexity index is 1570. The summed E-state index contributed by atoms with van der Waals surface area (Å²) in [4.78, 5) is 55.2. The Balaban J connectivity index is 1.44. The van der Waals surface area contributed by atoms with Crippen molar-refractivity contribution in [2.45, 2.75) is 24.0 Å². The summed E-state index contributed by atoms with van der Waals surface area (Å²) >= 11 is 1.33. The molecule has 1 atom stereocenters. The normalized spacial score (nSPS) is 11.7. The highest BCUT2D eigenvalue weighted by Crippen LogP contribution is 2.27. The van der Waals surface area contributed by atoms with E-state index >= 15 is 0 Å². The number of hydrogen-bond acceptors (Lipinski definition) is 6. The molecule has 3 N–H and O–H groups in total. The summed E-state index contributed by atoms with van der Waals surface area (Å²) in [5.41, 5.74) is 2.78. The molecule has 0 spiro atoms. The van der Waals surface area contributed by atoms with E-state index in [1.54, 1.807) is 110 Å². The minimum atomic E-state index is -0.514. The van der Waals surface area contributed by atoms with E-state index in [0.717, 1.165) is 4.90 Å². The lowest BCUT2D eigenvalue weighted by atomic mass is 10.1. The van der Waals surface area contributed by atoms with Crippen LogP contribution in [0.1, 0.15) is 40.1 Å². The number of Topliss-reactive ketones (excluding diaryl/α,β-unsaturated/α-hetero) is 1. The van der Waals surface area contributed by atoms with Crippen molar-refractivity contribution in [3.8, 4) is 0 Å². The predicted molar refractivity (Wildman–Crippen MR) is 162 cm³/mol. The number of ketones is 1. The molecule has 0 aliphatic rings. The smallest absolute Gasteiger partial charge is 0.272 e. The zero-order valence-electron chi connectivity index (χ0n) is 22.5. The number of benzene rings is 3. The van der Waals surface area contributed by atoms with Crippen molar-refractivity contribution in [1.82, 2.24) is 10.3 Å². The molecular weight excluding hydrogens is 536 g/mol. The SMILES string of the molecule is CC(=O)c1ccc(NC(=O)C(C)Sc2cccc(NC(=O)/C(=C/c3cccnc3)NC(=O)c3ccccc3)c2)cc1. The van der Waals surface area contributed by atoms with E-state index in [1.807, 2.05) is 6.07 Å². The number of hydrogen-bond donors (Lipinski definition) is 3. The lowest BCUT2D eigenvalue weighted by molar-refractivity contribution is -0.115. The minimum Gasteiger partial charge on any atom is -0.325 e. The van der Waals surface area contributed by atoms with Gasteiger partial charge in [-0.05, 0) is 86.2 Å². The summed E-state index contributed by atoms with van der Waals surface area (Å²) in [5.74, 6) is -1.18. The number of carbonyl (C=O) groups is 4. The van der Waals surface area contributed by atoms with Gasteiger partial charge >= 0.3 is 0 Å². The summed E-state index contributed by atoms with van der Waals surface area (Å²) in [7, 11) is 0. The molecule has 0 fully saturated rings. The summed E-state index contributed by atoms with van der Waals surface area (Å²) in [5, 5.41) is 7.94. The highest BCUT2D eigenvalue weighted by Gasteiger charge is 2.17. The number of carbonyl (C=O) groups excluding carboxylic acids is 4. The maximum atomic E-state index is 13.3. The first-order valence-corrected chi connectivity index (χ1v) is 13.6. The van der Waals surface area contributed by atoms with Gasteiger partial charge in [-0.3, -0.25) is 24.2 Å². The number of aromatic nitrogens is 1. The van der Waals surface area contributed by atoms with Crippen molar-refractivity contribution < 1.29 is 19.2 Å². The molecule has 0 bridgehead atoms. The van der Waals surface area contributed by atoms with E-state index in [4.69, 9.17) is 0 Å². The van der Waals surface area contributed by atoms with Crippen molar-refractivity contribution in [3.63, 3.8) is 0 Å². The number of nitrogens with one attached hydrogen (secondary N) is 3. The zero-order chi connectivity index (χ0) is 29.2. The fraction of sp³-hybridized carbons (Fsp3) is 0.0938. The van der Waals surface area contributed by atoms with Crippen molar-refractivity contribution in [2.75, 3.05) is 10.6 Å². The first-order valence-electron chi connectivity index (χ1n) is 12.8. The summed E-state index contributed by atoms with van der Waals surface area (Å²) in [6.45, 7) is 3.27. The minimum absolute atomic E-state index is 0.0444. The van der Waals surface area contributed by atoms with Crippen molar-refractivity contribution in [1.29, 1.82) is 0 Å². The van der Waals surface area contributed by atoms with Gasteiger partial charge in [-0.2, -0.15) is 0 Å². The predicted octanol–water partition coefficient (Wildman–Crippen LogP) is 5.81. The van der Waals surface area contributed by atoms with E-state index in [0.29, 0.717) is 28.1 Å². The highest BCUT2D eigenvalue weighted by atomic mass is 32.2. The van der Waals surface area contributed by atoms with E-state index in [1.165, 1.54) is 18.7 Å². The molecular formula is C32H28N4O4S. The number of anilines is 2. The third-order valence-electron chi connectivity index (χ3n) is 5.86. The van der Waals surface area contributed by atoms with E-state index < -0.39 is 17.1 Å². The quantitative estimate of drug-likeness (QED) is 0.127. The fourth-order valence-corrected chi connectivity index (χ4v) is 4.63. The molecule has 206 valence electrons. The summed E-state index contributed by atoms with van der Waals surface area (Å²) < 4.78 is 0. The van der Waals surface area contributed by atoms with Crippen LogP contribution in [0.25, 0.3) is 6.08 Å². The van der Waals surface area contributed by atoms with Crippen LogP contribution in [0.2, 0.25) is 0 Å².